The Hall–Kier alpha value is -2.58. The molecule has 0 bridgehead atoms. The molecule has 1 fully saturated rings. The normalized spacial score (nSPS) is 22.3. The van der Waals surface area contributed by atoms with Crippen LogP contribution in [0.4, 0.5) is 10.3 Å². The molecule has 25 heavy (non-hydrogen) atoms. The summed E-state index contributed by atoms with van der Waals surface area (Å²) < 4.78 is 16.1. The molecule has 2 N–H and O–H groups in total. The van der Waals surface area contributed by atoms with Gasteiger partial charge in [-0.25, -0.2) is 14.4 Å². The second-order valence-corrected chi connectivity index (χ2v) is 6.64. The highest BCUT2D eigenvalue weighted by Gasteiger charge is 2.45. The van der Waals surface area contributed by atoms with E-state index in [2.05, 4.69) is 30.9 Å². The van der Waals surface area contributed by atoms with E-state index < -0.39 is 5.67 Å². The summed E-state index contributed by atoms with van der Waals surface area (Å²) in [6, 6.07) is -0.125. The zero-order valence-corrected chi connectivity index (χ0v) is 14.4. The van der Waals surface area contributed by atoms with Crippen molar-refractivity contribution >= 4 is 11.9 Å². The first kappa shape index (κ1) is 17.2. The summed E-state index contributed by atoms with van der Waals surface area (Å²) >= 11 is 0. The van der Waals surface area contributed by atoms with Gasteiger partial charge in [-0.3, -0.25) is 9.48 Å². The largest absolute Gasteiger partial charge is 0.353 e. The van der Waals surface area contributed by atoms with E-state index >= 15 is 0 Å². The second kappa shape index (κ2) is 7.12. The zero-order valence-electron chi connectivity index (χ0n) is 14.4. The van der Waals surface area contributed by atoms with E-state index in [0.29, 0.717) is 31.6 Å². The van der Waals surface area contributed by atoms with Crippen molar-refractivity contribution in [3.05, 3.63) is 29.8 Å². The number of hydrogen-bond donors (Lipinski definition) is 2. The van der Waals surface area contributed by atoms with Crippen molar-refractivity contribution in [2.75, 3.05) is 11.9 Å². The Morgan fingerprint density at radius 1 is 1.40 bits per heavy atom. The molecule has 0 saturated heterocycles. The molecule has 1 aliphatic rings. The molecule has 1 amide bonds. The minimum absolute atomic E-state index is 0.0902. The quantitative estimate of drug-likeness (QED) is 0.774. The molecule has 9 heteroatoms. The molecular weight excluding hydrogens is 325 g/mol. The predicted molar refractivity (Wildman–Crippen MR) is 89.6 cm³/mol. The summed E-state index contributed by atoms with van der Waals surface area (Å²) in [7, 11) is 1.78. The van der Waals surface area contributed by atoms with Gasteiger partial charge in [-0.2, -0.15) is 0 Å². The van der Waals surface area contributed by atoms with Gasteiger partial charge in [0.2, 0.25) is 11.9 Å². The number of amides is 1. The highest BCUT2D eigenvalue weighted by Crippen LogP contribution is 2.36. The van der Waals surface area contributed by atoms with E-state index in [1.807, 2.05) is 6.92 Å². The Morgan fingerprint density at radius 3 is 2.76 bits per heavy atom. The first-order chi connectivity index (χ1) is 11.9. The van der Waals surface area contributed by atoms with Crippen LogP contribution < -0.4 is 10.6 Å². The van der Waals surface area contributed by atoms with Crippen LogP contribution in [0.25, 0.3) is 0 Å². The third-order valence-electron chi connectivity index (χ3n) is 4.19. The van der Waals surface area contributed by atoms with E-state index in [1.54, 1.807) is 30.3 Å². The fourth-order valence-corrected chi connectivity index (χ4v) is 2.84. The van der Waals surface area contributed by atoms with Crippen LogP contribution in [0.1, 0.15) is 30.5 Å². The van der Waals surface area contributed by atoms with Crippen molar-refractivity contribution in [3.8, 4) is 0 Å². The molecule has 0 atom stereocenters. The third kappa shape index (κ3) is 4.71. The van der Waals surface area contributed by atoms with Crippen molar-refractivity contribution in [2.24, 2.45) is 7.05 Å². The summed E-state index contributed by atoms with van der Waals surface area (Å²) in [6.45, 7) is 2.03. The lowest BCUT2D eigenvalue weighted by molar-refractivity contribution is -0.123. The van der Waals surface area contributed by atoms with Crippen LogP contribution in [0, 0.1) is 6.92 Å². The molecule has 0 radical (unpaired) electrons. The number of carbonyl (C=O) groups excluding carboxylic acids is 1. The number of rotatable bonds is 7. The highest BCUT2D eigenvalue weighted by molar-refractivity contribution is 5.76. The van der Waals surface area contributed by atoms with Gasteiger partial charge >= 0.3 is 0 Å². The van der Waals surface area contributed by atoms with Crippen LogP contribution in [0.5, 0.6) is 0 Å². The van der Waals surface area contributed by atoms with Crippen LogP contribution in [-0.4, -0.2) is 49.1 Å². The molecule has 134 valence electrons. The van der Waals surface area contributed by atoms with Gasteiger partial charge in [-0.05, 0) is 12.5 Å². The maximum absolute atomic E-state index is 14.5. The number of halogens is 1. The monoisotopic (exact) mass is 347 g/mol. The van der Waals surface area contributed by atoms with Crippen LogP contribution in [0.15, 0.2) is 18.6 Å². The Kier molecular flexibility index (Phi) is 4.91. The fraction of sp³-hybridized carbons (Fsp3) is 0.562. The highest BCUT2D eigenvalue weighted by atomic mass is 19.1. The minimum atomic E-state index is -1.34. The molecule has 0 aliphatic heterocycles. The number of hydrogen-bond acceptors (Lipinski definition) is 6. The lowest BCUT2D eigenvalue weighted by atomic mass is 9.77. The molecular formula is C16H22FN7O. The molecule has 3 rings (SSSR count). The fourth-order valence-electron chi connectivity index (χ4n) is 2.84. The van der Waals surface area contributed by atoms with Gasteiger partial charge in [0, 0.05) is 57.4 Å². The smallest absolute Gasteiger partial charge is 0.222 e. The van der Waals surface area contributed by atoms with Crippen molar-refractivity contribution in [3.63, 3.8) is 0 Å². The molecule has 2 heterocycles. The molecule has 8 nitrogen and oxygen atoms in total. The average Bonchev–Trinajstić information content (AvgIpc) is 2.96. The second-order valence-electron chi connectivity index (χ2n) is 6.64. The van der Waals surface area contributed by atoms with Crippen molar-refractivity contribution in [1.82, 2.24) is 30.3 Å². The number of nitrogens with zero attached hydrogens (tertiary/aromatic N) is 5. The summed E-state index contributed by atoms with van der Waals surface area (Å²) in [4.78, 5) is 20.1. The molecule has 0 unspecified atom stereocenters. The summed E-state index contributed by atoms with van der Waals surface area (Å²) in [5.41, 5.74) is 0.388. The van der Waals surface area contributed by atoms with E-state index in [-0.39, 0.29) is 18.5 Å². The maximum Gasteiger partial charge on any atom is 0.222 e. The van der Waals surface area contributed by atoms with Crippen LogP contribution in [0.2, 0.25) is 0 Å². The minimum Gasteiger partial charge on any atom is -0.353 e. The van der Waals surface area contributed by atoms with Gasteiger partial charge in [-0.1, -0.05) is 5.21 Å². The van der Waals surface area contributed by atoms with Gasteiger partial charge in [0.05, 0.1) is 12.2 Å². The molecule has 2 aromatic rings. The first-order valence-electron chi connectivity index (χ1n) is 8.28. The van der Waals surface area contributed by atoms with Crippen LogP contribution in [0.3, 0.4) is 0 Å². The summed E-state index contributed by atoms with van der Waals surface area (Å²) in [6.07, 6.45) is 6.58. The van der Waals surface area contributed by atoms with Gasteiger partial charge in [-0.15, -0.1) is 5.10 Å². The van der Waals surface area contributed by atoms with E-state index in [4.69, 9.17) is 0 Å². The molecule has 0 spiro atoms. The molecule has 2 aromatic heterocycles. The molecule has 1 aliphatic carbocycles. The Balaban J connectivity index is 1.36. The van der Waals surface area contributed by atoms with E-state index in [1.165, 1.54) is 0 Å². The van der Waals surface area contributed by atoms with Crippen molar-refractivity contribution in [2.45, 2.75) is 44.3 Å². The predicted octanol–water partition coefficient (Wildman–Crippen LogP) is 0.945. The lowest BCUT2D eigenvalue weighted by Gasteiger charge is -2.41. The number of carbonyl (C=O) groups is 1. The van der Waals surface area contributed by atoms with Crippen LogP contribution in [-0.2, 0) is 18.3 Å². The maximum atomic E-state index is 14.5. The third-order valence-corrected chi connectivity index (χ3v) is 4.19. The summed E-state index contributed by atoms with van der Waals surface area (Å²) in [5, 5.41) is 13.5. The average molecular weight is 347 g/mol. The Bertz CT molecular complexity index is 724. The topological polar surface area (TPSA) is 97.6 Å². The van der Waals surface area contributed by atoms with E-state index in [0.717, 1.165) is 11.3 Å². The molecule has 0 aromatic carbocycles. The standard InChI is InChI=1S/C16H22FN7O/c1-11-7-18-15(19-8-11)20-10-16(17)5-13(6-16)21-14(25)4-3-12-9-24(2)23-22-12/h7-9,13H,3-6,10H2,1-2H3,(H,21,25)(H,18,19,20). The Labute approximate surface area is 145 Å². The van der Waals surface area contributed by atoms with Crippen LogP contribution >= 0.6 is 0 Å². The van der Waals surface area contributed by atoms with Gasteiger partial charge in [0.15, 0.2) is 0 Å². The van der Waals surface area contributed by atoms with Gasteiger partial charge < -0.3 is 10.6 Å². The number of aromatic nitrogens is 5. The number of alkyl halides is 1. The number of nitrogens with one attached hydrogen (secondary N) is 2. The first-order valence-corrected chi connectivity index (χ1v) is 8.28. The SMILES string of the molecule is Cc1cnc(NCC2(F)CC(NC(=O)CCc3cn(C)nn3)C2)nc1. The van der Waals surface area contributed by atoms with Crippen molar-refractivity contribution in [1.29, 1.82) is 0 Å². The van der Waals surface area contributed by atoms with Gasteiger partial charge in [0.1, 0.15) is 5.67 Å². The van der Waals surface area contributed by atoms with Crippen molar-refractivity contribution < 1.29 is 9.18 Å². The Morgan fingerprint density at radius 2 is 2.12 bits per heavy atom. The zero-order chi connectivity index (χ0) is 17.9. The number of anilines is 1. The number of aryl methyl sites for hydroxylation is 3. The van der Waals surface area contributed by atoms with Gasteiger partial charge in [0.25, 0.3) is 0 Å². The van der Waals surface area contributed by atoms with E-state index in [9.17, 15) is 9.18 Å². The lowest BCUT2D eigenvalue weighted by Crippen LogP contribution is -2.55. The molecule has 1 saturated carbocycles. The summed E-state index contributed by atoms with van der Waals surface area (Å²) in [5.74, 6) is 0.326.